The second-order valence-electron chi connectivity index (χ2n) is 8.58. The fraction of sp³-hybridized carbons (Fsp3) is 0.812. The molecule has 2 unspecified atom stereocenters. The Morgan fingerprint density at radius 1 is 1.11 bits per heavy atom. The Morgan fingerprint density at radius 3 is 2.32 bits per heavy atom. The first-order valence-corrected chi connectivity index (χ1v) is 8.29. The first-order valence-electron chi connectivity index (χ1n) is 7.50. The zero-order valence-corrected chi connectivity index (χ0v) is 13.5. The molecule has 1 aromatic heterocycles. The molecule has 3 heteroatoms. The van der Waals surface area contributed by atoms with Crippen LogP contribution in [0.3, 0.4) is 0 Å². The lowest BCUT2D eigenvalue weighted by molar-refractivity contribution is -0.129. The summed E-state index contributed by atoms with van der Waals surface area (Å²) in [6.45, 7) is 5.05. The van der Waals surface area contributed by atoms with Gasteiger partial charge in [0.25, 0.3) is 0 Å². The summed E-state index contributed by atoms with van der Waals surface area (Å²) in [6, 6.07) is 2.16. The first kappa shape index (κ1) is 12.4. The molecule has 5 rings (SSSR count). The molecule has 2 atom stereocenters. The van der Waals surface area contributed by atoms with Gasteiger partial charge >= 0.3 is 0 Å². The van der Waals surface area contributed by atoms with Crippen LogP contribution in [0, 0.1) is 16.2 Å². The Morgan fingerprint density at radius 2 is 1.79 bits per heavy atom. The molecule has 2 nitrogen and oxygen atoms in total. The molecule has 4 fully saturated rings. The van der Waals surface area contributed by atoms with E-state index < -0.39 is 0 Å². The van der Waals surface area contributed by atoms with Crippen LogP contribution in [0.5, 0.6) is 0 Å². The summed E-state index contributed by atoms with van der Waals surface area (Å²) in [5.41, 5.74) is 2.83. The maximum atomic E-state index is 4.42. The molecule has 1 aromatic rings. The van der Waals surface area contributed by atoms with Crippen LogP contribution in [0.25, 0.3) is 0 Å². The van der Waals surface area contributed by atoms with Crippen molar-refractivity contribution in [2.45, 2.75) is 63.1 Å². The number of aromatic nitrogens is 2. The van der Waals surface area contributed by atoms with Crippen molar-refractivity contribution in [3.05, 3.63) is 18.0 Å². The van der Waals surface area contributed by atoms with Gasteiger partial charge in [0.2, 0.25) is 0 Å². The van der Waals surface area contributed by atoms with Gasteiger partial charge in [-0.1, -0.05) is 29.8 Å². The summed E-state index contributed by atoms with van der Waals surface area (Å²) < 4.78 is 0.404. The fourth-order valence-electron chi connectivity index (χ4n) is 6.75. The van der Waals surface area contributed by atoms with Gasteiger partial charge in [-0.3, -0.25) is 5.10 Å². The minimum Gasteiger partial charge on any atom is -0.285 e. The van der Waals surface area contributed by atoms with Crippen molar-refractivity contribution in [1.29, 1.82) is 0 Å². The van der Waals surface area contributed by atoms with Gasteiger partial charge in [0.1, 0.15) is 0 Å². The maximum absolute atomic E-state index is 4.42. The largest absolute Gasteiger partial charge is 0.285 e. The van der Waals surface area contributed by atoms with Crippen LogP contribution in [-0.2, 0) is 6.42 Å². The monoisotopic (exact) mass is 322 g/mol. The number of rotatable bonds is 2. The van der Waals surface area contributed by atoms with E-state index in [9.17, 15) is 0 Å². The van der Waals surface area contributed by atoms with Gasteiger partial charge in [-0.2, -0.15) is 5.10 Å². The molecule has 4 aliphatic rings. The molecule has 19 heavy (non-hydrogen) atoms. The lowest BCUT2D eigenvalue weighted by Gasteiger charge is -2.68. The standard InChI is InChI=1S/C16H23BrN2/c1-13-6-14(2)8-15(7-13,5-12-3-4-18-19-12)11-16(17,9-13)10-14/h3-4H,5-11H2,1-2H3,(H,18,19). The van der Waals surface area contributed by atoms with Crippen molar-refractivity contribution < 1.29 is 0 Å². The maximum Gasteiger partial charge on any atom is 0.0627 e. The smallest absolute Gasteiger partial charge is 0.0627 e. The van der Waals surface area contributed by atoms with Gasteiger partial charge < -0.3 is 0 Å². The quantitative estimate of drug-likeness (QED) is 0.800. The molecule has 4 aliphatic carbocycles. The van der Waals surface area contributed by atoms with E-state index in [1.165, 1.54) is 44.2 Å². The molecule has 0 radical (unpaired) electrons. The molecule has 1 heterocycles. The molecule has 4 saturated carbocycles. The normalized spacial score (nSPS) is 51.7. The molecule has 0 aromatic carbocycles. The highest BCUT2D eigenvalue weighted by molar-refractivity contribution is 9.10. The topological polar surface area (TPSA) is 28.7 Å². The van der Waals surface area contributed by atoms with Gasteiger partial charge in [-0.05, 0) is 67.3 Å². The average Bonchev–Trinajstić information content (AvgIpc) is 2.60. The van der Waals surface area contributed by atoms with Crippen molar-refractivity contribution in [1.82, 2.24) is 10.2 Å². The van der Waals surface area contributed by atoms with Crippen LogP contribution in [-0.4, -0.2) is 14.5 Å². The molecule has 0 saturated heterocycles. The van der Waals surface area contributed by atoms with E-state index in [4.69, 9.17) is 0 Å². The molecule has 0 aliphatic heterocycles. The van der Waals surface area contributed by atoms with Crippen molar-refractivity contribution in [3.8, 4) is 0 Å². The number of alkyl halides is 1. The number of nitrogens with one attached hydrogen (secondary N) is 1. The van der Waals surface area contributed by atoms with Gasteiger partial charge in [0.05, 0.1) is 5.69 Å². The van der Waals surface area contributed by atoms with Crippen molar-refractivity contribution >= 4 is 15.9 Å². The van der Waals surface area contributed by atoms with Crippen LogP contribution < -0.4 is 0 Å². The van der Waals surface area contributed by atoms with Gasteiger partial charge in [0, 0.05) is 10.5 Å². The second kappa shape index (κ2) is 3.47. The molecule has 104 valence electrons. The molecular formula is C16H23BrN2. The average molecular weight is 323 g/mol. The zero-order chi connectivity index (χ0) is 13.4. The third-order valence-electron chi connectivity index (χ3n) is 5.75. The van der Waals surface area contributed by atoms with Crippen molar-refractivity contribution in [2.75, 3.05) is 0 Å². The van der Waals surface area contributed by atoms with Crippen LogP contribution in [0.15, 0.2) is 12.3 Å². The summed E-state index contributed by atoms with van der Waals surface area (Å²) in [5, 5.41) is 7.40. The highest BCUT2D eigenvalue weighted by Gasteiger charge is 2.64. The van der Waals surface area contributed by atoms with Crippen LogP contribution >= 0.6 is 15.9 Å². The predicted molar refractivity (Wildman–Crippen MR) is 80.3 cm³/mol. The van der Waals surface area contributed by atoms with E-state index in [1.54, 1.807) is 0 Å². The van der Waals surface area contributed by atoms with Gasteiger partial charge in [-0.15, -0.1) is 0 Å². The van der Waals surface area contributed by atoms with E-state index in [0.29, 0.717) is 20.6 Å². The number of nitrogens with zero attached hydrogens (tertiary/aromatic N) is 1. The molecular weight excluding hydrogens is 300 g/mol. The molecule has 1 N–H and O–H groups in total. The Labute approximate surface area is 123 Å². The van der Waals surface area contributed by atoms with Crippen molar-refractivity contribution in [3.63, 3.8) is 0 Å². The van der Waals surface area contributed by atoms with Crippen LogP contribution in [0.2, 0.25) is 0 Å². The zero-order valence-electron chi connectivity index (χ0n) is 11.9. The van der Waals surface area contributed by atoms with Crippen LogP contribution in [0.4, 0.5) is 0 Å². The predicted octanol–water partition coefficient (Wildman–Crippen LogP) is 4.47. The summed E-state index contributed by atoms with van der Waals surface area (Å²) >= 11 is 4.14. The van der Waals surface area contributed by atoms with E-state index in [0.717, 1.165) is 6.42 Å². The summed E-state index contributed by atoms with van der Waals surface area (Å²) in [7, 11) is 0. The SMILES string of the molecule is CC12CC3(C)CC(Br)(C1)CC(Cc1cc[nH]n1)(C2)C3. The number of hydrogen-bond donors (Lipinski definition) is 1. The number of halogens is 1. The van der Waals surface area contributed by atoms with Gasteiger partial charge in [0.15, 0.2) is 0 Å². The molecule has 0 amide bonds. The van der Waals surface area contributed by atoms with E-state index in [-0.39, 0.29) is 0 Å². The lowest BCUT2D eigenvalue weighted by atomic mass is 9.39. The van der Waals surface area contributed by atoms with Gasteiger partial charge in [-0.25, -0.2) is 0 Å². The second-order valence-corrected chi connectivity index (χ2v) is 10.3. The highest BCUT2D eigenvalue weighted by Crippen LogP contribution is 2.73. The highest BCUT2D eigenvalue weighted by atomic mass is 79.9. The summed E-state index contributed by atoms with van der Waals surface area (Å²) in [4.78, 5) is 0. The van der Waals surface area contributed by atoms with Crippen LogP contribution in [0.1, 0.15) is 58.1 Å². The van der Waals surface area contributed by atoms with E-state index in [2.05, 4.69) is 46.0 Å². The summed E-state index contributed by atoms with van der Waals surface area (Å²) in [6.07, 6.45) is 11.4. The number of H-pyrrole nitrogens is 1. The fourth-order valence-corrected chi connectivity index (χ4v) is 8.70. The Balaban J connectivity index is 1.73. The molecule has 0 spiro atoms. The van der Waals surface area contributed by atoms with E-state index >= 15 is 0 Å². The lowest BCUT2D eigenvalue weighted by Crippen LogP contribution is -2.61. The minimum absolute atomic E-state index is 0.404. The third kappa shape index (κ3) is 1.91. The molecule has 4 bridgehead atoms. The number of aromatic amines is 1. The van der Waals surface area contributed by atoms with E-state index in [1.807, 2.05) is 6.20 Å². The van der Waals surface area contributed by atoms with Crippen molar-refractivity contribution in [2.24, 2.45) is 16.2 Å². The first-order chi connectivity index (χ1) is 8.82. The Bertz CT molecular complexity index is 453. The third-order valence-corrected chi connectivity index (χ3v) is 6.59. The minimum atomic E-state index is 0.404. The Kier molecular flexibility index (Phi) is 2.27. The number of hydrogen-bond acceptors (Lipinski definition) is 1. The summed E-state index contributed by atoms with van der Waals surface area (Å²) in [5.74, 6) is 0. The Hall–Kier alpha value is -0.310.